The third-order valence-corrected chi connectivity index (χ3v) is 2.65. The van der Waals surface area contributed by atoms with Crippen LogP contribution in [-0.2, 0) is 4.79 Å². The number of benzene rings is 1. The van der Waals surface area contributed by atoms with Gasteiger partial charge in [-0.15, -0.1) is 6.42 Å². The average molecular weight is 245 g/mol. The van der Waals surface area contributed by atoms with Gasteiger partial charge in [-0.3, -0.25) is 9.59 Å². The van der Waals surface area contributed by atoms with Gasteiger partial charge in [-0.2, -0.15) is 0 Å². The van der Waals surface area contributed by atoms with E-state index in [9.17, 15) is 9.59 Å². The lowest BCUT2D eigenvalue weighted by Gasteiger charge is -2.18. The number of carboxylic acid groups (broad SMARTS) is 1. The van der Waals surface area contributed by atoms with Gasteiger partial charge in [-0.25, -0.2) is 0 Å². The van der Waals surface area contributed by atoms with Gasteiger partial charge in [-0.05, 0) is 37.1 Å². The van der Waals surface area contributed by atoms with Gasteiger partial charge in [0.15, 0.2) is 0 Å². The Kier molecular flexibility index (Phi) is 4.50. The van der Waals surface area contributed by atoms with Gasteiger partial charge >= 0.3 is 5.97 Å². The summed E-state index contributed by atoms with van der Waals surface area (Å²) in [5, 5.41) is 8.74. The molecule has 0 fully saturated rings. The number of aryl methyl sites for hydroxylation is 2. The van der Waals surface area contributed by atoms with Crippen molar-refractivity contribution in [1.82, 2.24) is 4.90 Å². The second-order valence-electron chi connectivity index (χ2n) is 4.06. The Balaban J connectivity index is 2.98. The van der Waals surface area contributed by atoms with Crippen molar-refractivity contribution < 1.29 is 14.7 Å². The molecule has 0 aliphatic heterocycles. The van der Waals surface area contributed by atoms with Crippen LogP contribution in [0.5, 0.6) is 0 Å². The summed E-state index contributed by atoms with van der Waals surface area (Å²) in [6.45, 7) is 3.43. The first kappa shape index (κ1) is 13.8. The van der Waals surface area contributed by atoms with Gasteiger partial charge in [0.2, 0.25) is 0 Å². The number of carbonyl (C=O) groups is 2. The molecule has 0 radical (unpaired) electrons. The predicted octanol–water partition coefficient (Wildman–Crippen LogP) is 1.46. The summed E-state index contributed by atoms with van der Waals surface area (Å²) in [5.41, 5.74) is 2.51. The molecule has 4 heteroatoms. The third kappa shape index (κ3) is 3.36. The maximum atomic E-state index is 12.1. The number of nitrogens with zero attached hydrogens (tertiary/aromatic N) is 1. The molecular weight excluding hydrogens is 230 g/mol. The predicted molar refractivity (Wildman–Crippen MR) is 68.3 cm³/mol. The quantitative estimate of drug-likeness (QED) is 0.817. The van der Waals surface area contributed by atoms with Crippen LogP contribution in [0.4, 0.5) is 0 Å². The molecule has 0 bridgehead atoms. The van der Waals surface area contributed by atoms with Crippen molar-refractivity contribution in [2.45, 2.75) is 13.8 Å². The van der Waals surface area contributed by atoms with Gasteiger partial charge in [0.05, 0.1) is 6.54 Å². The first-order chi connectivity index (χ1) is 8.45. The molecule has 1 aromatic carbocycles. The normalized spacial score (nSPS) is 9.61. The van der Waals surface area contributed by atoms with Crippen LogP contribution in [0.2, 0.25) is 0 Å². The first-order valence-electron chi connectivity index (χ1n) is 5.47. The zero-order valence-corrected chi connectivity index (χ0v) is 10.4. The van der Waals surface area contributed by atoms with Crippen LogP contribution in [0.3, 0.4) is 0 Å². The molecule has 1 rings (SSSR count). The van der Waals surface area contributed by atoms with Crippen LogP contribution in [0, 0.1) is 26.2 Å². The molecule has 0 saturated heterocycles. The molecule has 4 nitrogen and oxygen atoms in total. The van der Waals surface area contributed by atoms with Crippen molar-refractivity contribution in [2.24, 2.45) is 0 Å². The summed E-state index contributed by atoms with van der Waals surface area (Å²) in [7, 11) is 0. The fraction of sp³-hybridized carbons (Fsp3) is 0.286. The van der Waals surface area contributed by atoms with Crippen LogP contribution < -0.4 is 0 Å². The summed E-state index contributed by atoms with van der Waals surface area (Å²) < 4.78 is 0. The highest BCUT2D eigenvalue weighted by Crippen LogP contribution is 2.12. The Labute approximate surface area is 106 Å². The number of hydrogen-bond donors (Lipinski definition) is 1. The molecule has 1 amide bonds. The van der Waals surface area contributed by atoms with Crippen molar-refractivity contribution >= 4 is 11.9 Å². The number of rotatable bonds is 4. The van der Waals surface area contributed by atoms with E-state index in [1.165, 1.54) is 0 Å². The molecule has 0 unspecified atom stereocenters. The summed E-state index contributed by atoms with van der Waals surface area (Å²) in [4.78, 5) is 23.9. The van der Waals surface area contributed by atoms with E-state index in [0.717, 1.165) is 16.0 Å². The van der Waals surface area contributed by atoms with Crippen molar-refractivity contribution in [1.29, 1.82) is 0 Å². The van der Waals surface area contributed by atoms with Gasteiger partial charge in [0, 0.05) is 5.56 Å². The average Bonchev–Trinajstić information content (AvgIpc) is 2.31. The second-order valence-corrected chi connectivity index (χ2v) is 4.06. The van der Waals surface area contributed by atoms with E-state index in [1.54, 1.807) is 12.1 Å². The monoisotopic (exact) mass is 245 g/mol. The Morgan fingerprint density at radius 2 is 2.00 bits per heavy atom. The molecule has 0 aromatic heterocycles. The van der Waals surface area contributed by atoms with Crippen molar-refractivity contribution in [3.63, 3.8) is 0 Å². The molecule has 0 saturated carbocycles. The van der Waals surface area contributed by atoms with Crippen LogP contribution >= 0.6 is 0 Å². The molecule has 1 aromatic rings. The minimum absolute atomic E-state index is 0.0158. The van der Waals surface area contributed by atoms with E-state index >= 15 is 0 Å². The smallest absolute Gasteiger partial charge is 0.323 e. The second kappa shape index (κ2) is 5.87. The lowest BCUT2D eigenvalue weighted by Crippen LogP contribution is -2.36. The van der Waals surface area contributed by atoms with Crippen molar-refractivity contribution in [2.75, 3.05) is 13.1 Å². The molecule has 0 aliphatic carbocycles. The van der Waals surface area contributed by atoms with Crippen molar-refractivity contribution in [3.05, 3.63) is 34.9 Å². The summed E-state index contributed by atoms with van der Waals surface area (Å²) >= 11 is 0. The molecule has 0 spiro atoms. The van der Waals surface area contributed by atoms with Gasteiger partial charge in [0.25, 0.3) is 5.91 Å². The maximum absolute atomic E-state index is 12.1. The Morgan fingerprint density at radius 1 is 1.33 bits per heavy atom. The highest BCUT2D eigenvalue weighted by molar-refractivity contribution is 5.96. The zero-order chi connectivity index (χ0) is 13.7. The Hall–Kier alpha value is -2.28. The topological polar surface area (TPSA) is 57.6 Å². The molecule has 0 heterocycles. The number of terminal acetylenes is 1. The zero-order valence-electron chi connectivity index (χ0n) is 10.4. The minimum atomic E-state index is -1.08. The van der Waals surface area contributed by atoms with Crippen LogP contribution in [0.15, 0.2) is 18.2 Å². The number of amides is 1. The molecule has 0 aliphatic rings. The fourth-order valence-corrected chi connectivity index (χ4v) is 1.53. The van der Waals surface area contributed by atoms with E-state index in [4.69, 9.17) is 11.5 Å². The molecule has 18 heavy (non-hydrogen) atoms. The van der Waals surface area contributed by atoms with E-state index in [0.29, 0.717) is 5.56 Å². The largest absolute Gasteiger partial charge is 0.480 e. The summed E-state index contributed by atoms with van der Waals surface area (Å²) in [5.74, 6) is 0.848. The molecule has 94 valence electrons. The van der Waals surface area contributed by atoms with E-state index in [2.05, 4.69) is 5.92 Å². The minimum Gasteiger partial charge on any atom is -0.480 e. The summed E-state index contributed by atoms with van der Waals surface area (Å²) in [6, 6.07) is 5.25. The van der Waals surface area contributed by atoms with Crippen LogP contribution in [0.1, 0.15) is 21.5 Å². The maximum Gasteiger partial charge on any atom is 0.323 e. The van der Waals surface area contributed by atoms with Crippen molar-refractivity contribution in [3.8, 4) is 12.3 Å². The molecular formula is C14H15NO3. The Bertz CT molecular complexity index is 514. The first-order valence-corrected chi connectivity index (χ1v) is 5.47. The lowest BCUT2D eigenvalue weighted by atomic mass is 10.1. The standard InChI is InChI=1S/C14H15NO3/c1-4-7-15(9-13(16)17)14(18)12-6-5-10(2)11(3)8-12/h1,5-6,8H,7,9H2,2-3H3,(H,16,17). The van der Waals surface area contributed by atoms with E-state index < -0.39 is 12.5 Å². The van der Waals surface area contributed by atoms with Gasteiger partial charge in [-0.1, -0.05) is 12.0 Å². The number of hydrogen-bond acceptors (Lipinski definition) is 2. The highest BCUT2D eigenvalue weighted by atomic mass is 16.4. The van der Waals surface area contributed by atoms with E-state index in [1.807, 2.05) is 19.9 Å². The molecule has 0 atom stereocenters. The molecule has 1 N–H and O–H groups in total. The SMILES string of the molecule is C#CCN(CC(=O)O)C(=O)c1ccc(C)c(C)c1. The lowest BCUT2D eigenvalue weighted by molar-refractivity contribution is -0.137. The fourth-order valence-electron chi connectivity index (χ4n) is 1.53. The number of carbonyl (C=O) groups excluding carboxylic acids is 1. The van der Waals surface area contributed by atoms with E-state index in [-0.39, 0.29) is 12.5 Å². The number of carboxylic acids is 1. The summed E-state index contributed by atoms with van der Waals surface area (Å²) in [6.07, 6.45) is 5.14. The van der Waals surface area contributed by atoms with Crippen LogP contribution in [-0.4, -0.2) is 35.0 Å². The van der Waals surface area contributed by atoms with Gasteiger partial charge in [0.1, 0.15) is 6.54 Å². The third-order valence-electron chi connectivity index (χ3n) is 2.65. The van der Waals surface area contributed by atoms with Gasteiger partial charge < -0.3 is 10.0 Å². The van der Waals surface area contributed by atoms with Crippen LogP contribution in [0.25, 0.3) is 0 Å². The number of aliphatic carboxylic acids is 1. The highest BCUT2D eigenvalue weighted by Gasteiger charge is 2.17. The Morgan fingerprint density at radius 3 is 2.50 bits per heavy atom.